The number of aromatic nitrogens is 2. The van der Waals surface area contributed by atoms with Crippen LogP contribution in [0.3, 0.4) is 0 Å². The van der Waals surface area contributed by atoms with Gasteiger partial charge in [-0.15, -0.1) is 0 Å². The van der Waals surface area contributed by atoms with E-state index in [0.29, 0.717) is 12.3 Å². The summed E-state index contributed by atoms with van der Waals surface area (Å²) in [6, 6.07) is 3.55. The zero-order chi connectivity index (χ0) is 13.5. The molecule has 1 saturated heterocycles. The molecule has 0 amide bonds. The van der Waals surface area contributed by atoms with Gasteiger partial charge in [-0.3, -0.25) is 0 Å². The van der Waals surface area contributed by atoms with E-state index < -0.39 is 11.6 Å². The quantitative estimate of drug-likeness (QED) is 0.825. The molecule has 0 spiro atoms. The summed E-state index contributed by atoms with van der Waals surface area (Å²) in [5.41, 5.74) is 0.716. The lowest BCUT2D eigenvalue weighted by atomic mass is 9.94. The minimum Gasteiger partial charge on any atom is -0.461 e. The summed E-state index contributed by atoms with van der Waals surface area (Å²) >= 11 is 0. The molecule has 0 radical (unpaired) electrons. The number of carbonyl (C=O) groups excluding carboxylic acids is 1. The maximum absolute atomic E-state index is 11.6. The van der Waals surface area contributed by atoms with E-state index in [9.17, 15) is 9.90 Å². The highest BCUT2D eigenvalue weighted by atomic mass is 16.5. The van der Waals surface area contributed by atoms with Gasteiger partial charge < -0.3 is 19.0 Å². The van der Waals surface area contributed by atoms with Gasteiger partial charge in [0.25, 0.3) is 0 Å². The first-order valence-electron chi connectivity index (χ1n) is 6.09. The van der Waals surface area contributed by atoms with Crippen LogP contribution in [0.25, 0.3) is 5.65 Å². The van der Waals surface area contributed by atoms with E-state index >= 15 is 0 Å². The van der Waals surface area contributed by atoms with Gasteiger partial charge in [-0.25, -0.2) is 9.78 Å². The molecule has 2 aromatic rings. The number of nitrogens with zero attached hydrogens (tertiary/aromatic N) is 2. The van der Waals surface area contributed by atoms with Gasteiger partial charge in [-0.2, -0.15) is 0 Å². The van der Waals surface area contributed by atoms with Crippen molar-refractivity contribution < 1.29 is 19.4 Å². The predicted molar refractivity (Wildman–Crippen MR) is 65.9 cm³/mol. The third-order valence-electron chi connectivity index (χ3n) is 3.15. The maximum atomic E-state index is 11.6. The molecular weight excluding hydrogens is 248 g/mol. The van der Waals surface area contributed by atoms with Gasteiger partial charge in [0.05, 0.1) is 19.8 Å². The zero-order valence-electron chi connectivity index (χ0n) is 10.5. The van der Waals surface area contributed by atoms with E-state index in [0.717, 1.165) is 5.56 Å². The molecule has 6 heteroatoms. The monoisotopic (exact) mass is 262 g/mol. The second kappa shape index (κ2) is 4.32. The Bertz CT molecular complexity index is 631. The van der Waals surface area contributed by atoms with Crippen LogP contribution in [0.1, 0.15) is 23.0 Å². The first kappa shape index (κ1) is 12.1. The Balaban J connectivity index is 1.97. The van der Waals surface area contributed by atoms with Crippen molar-refractivity contribution in [2.75, 3.05) is 19.8 Å². The number of hydrogen-bond donors (Lipinski definition) is 1. The van der Waals surface area contributed by atoms with Crippen LogP contribution >= 0.6 is 0 Å². The number of esters is 1. The summed E-state index contributed by atoms with van der Waals surface area (Å²) in [5, 5.41) is 10.2. The molecule has 0 aromatic carbocycles. The van der Waals surface area contributed by atoms with Gasteiger partial charge in [0.2, 0.25) is 0 Å². The maximum Gasteiger partial charge on any atom is 0.358 e. The highest BCUT2D eigenvalue weighted by molar-refractivity contribution is 5.87. The summed E-state index contributed by atoms with van der Waals surface area (Å²) < 4.78 is 11.6. The van der Waals surface area contributed by atoms with Gasteiger partial charge in [0.1, 0.15) is 11.2 Å². The summed E-state index contributed by atoms with van der Waals surface area (Å²) in [4.78, 5) is 15.8. The largest absolute Gasteiger partial charge is 0.461 e. The Morgan fingerprint density at radius 2 is 2.32 bits per heavy atom. The first-order chi connectivity index (χ1) is 9.12. The van der Waals surface area contributed by atoms with Gasteiger partial charge in [-0.1, -0.05) is 6.07 Å². The summed E-state index contributed by atoms with van der Waals surface area (Å²) in [6.45, 7) is 2.64. The first-order valence-corrected chi connectivity index (χ1v) is 6.09. The molecule has 0 unspecified atom stereocenters. The van der Waals surface area contributed by atoms with Crippen LogP contribution < -0.4 is 0 Å². The minimum absolute atomic E-state index is 0.260. The van der Waals surface area contributed by atoms with Crippen molar-refractivity contribution in [2.24, 2.45) is 0 Å². The van der Waals surface area contributed by atoms with Gasteiger partial charge >= 0.3 is 5.97 Å². The van der Waals surface area contributed by atoms with Crippen molar-refractivity contribution in [3.63, 3.8) is 0 Å². The topological polar surface area (TPSA) is 73.1 Å². The van der Waals surface area contributed by atoms with Crippen LogP contribution in [-0.4, -0.2) is 40.3 Å². The molecule has 2 aromatic heterocycles. The lowest BCUT2D eigenvalue weighted by molar-refractivity contribution is -0.184. The average molecular weight is 262 g/mol. The predicted octanol–water partition coefficient (Wildman–Crippen LogP) is 0.729. The lowest BCUT2D eigenvalue weighted by Crippen LogP contribution is -2.46. The van der Waals surface area contributed by atoms with E-state index in [1.54, 1.807) is 35.9 Å². The molecule has 100 valence electrons. The molecule has 0 aliphatic carbocycles. The minimum atomic E-state index is -0.928. The Morgan fingerprint density at radius 3 is 2.95 bits per heavy atom. The van der Waals surface area contributed by atoms with Crippen molar-refractivity contribution in [2.45, 2.75) is 12.5 Å². The van der Waals surface area contributed by atoms with Crippen molar-refractivity contribution in [1.82, 2.24) is 9.38 Å². The van der Waals surface area contributed by atoms with E-state index in [2.05, 4.69) is 4.98 Å². The van der Waals surface area contributed by atoms with Gasteiger partial charge in [0, 0.05) is 18.0 Å². The van der Waals surface area contributed by atoms with Gasteiger partial charge in [-0.05, 0) is 13.0 Å². The summed E-state index contributed by atoms with van der Waals surface area (Å²) in [5.74, 6) is -0.446. The SMILES string of the molecule is CCOC(=O)c1cn2cc(C3(O)COC3)ccc2n1. The summed E-state index contributed by atoms with van der Waals surface area (Å²) in [6.07, 6.45) is 3.35. The van der Waals surface area contributed by atoms with Crippen molar-refractivity contribution >= 4 is 11.6 Å². The third kappa shape index (κ3) is 1.98. The van der Waals surface area contributed by atoms with Crippen LogP contribution in [0, 0.1) is 0 Å². The Hall–Kier alpha value is -1.92. The van der Waals surface area contributed by atoms with E-state index in [1.165, 1.54) is 0 Å². The highest BCUT2D eigenvalue weighted by Gasteiger charge is 2.38. The third-order valence-corrected chi connectivity index (χ3v) is 3.15. The van der Waals surface area contributed by atoms with Crippen LogP contribution in [-0.2, 0) is 15.1 Å². The molecule has 3 heterocycles. The number of carbonyl (C=O) groups is 1. The molecule has 1 aliphatic rings. The number of aliphatic hydroxyl groups is 1. The molecule has 6 nitrogen and oxygen atoms in total. The Labute approximate surface area is 109 Å². The fourth-order valence-electron chi connectivity index (χ4n) is 2.03. The molecule has 19 heavy (non-hydrogen) atoms. The normalized spacial score (nSPS) is 17.2. The lowest BCUT2D eigenvalue weighted by Gasteiger charge is -2.36. The fourth-order valence-corrected chi connectivity index (χ4v) is 2.03. The number of hydrogen-bond acceptors (Lipinski definition) is 5. The van der Waals surface area contributed by atoms with Crippen LogP contribution in [0.15, 0.2) is 24.5 Å². The number of pyridine rings is 1. The molecule has 1 N–H and O–H groups in total. The van der Waals surface area contributed by atoms with E-state index in [1.807, 2.05) is 0 Å². The second-order valence-corrected chi connectivity index (χ2v) is 4.55. The molecule has 1 aliphatic heterocycles. The molecular formula is C13H14N2O4. The van der Waals surface area contributed by atoms with Crippen molar-refractivity contribution in [3.05, 3.63) is 35.8 Å². The second-order valence-electron chi connectivity index (χ2n) is 4.55. The molecule has 1 fully saturated rings. The molecule has 0 saturated carbocycles. The number of fused-ring (bicyclic) bond motifs is 1. The smallest absolute Gasteiger partial charge is 0.358 e. The number of rotatable bonds is 3. The molecule has 3 rings (SSSR count). The van der Waals surface area contributed by atoms with E-state index in [4.69, 9.17) is 9.47 Å². The zero-order valence-corrected chi connectivity index (χ0v) is 10.5. The fraction of sp³-hybridized carbons (Fsp3) is 0.385. The number of ether oxygens (including phenoxy) is 2. The van der Waals surface area contributed by atoms with Crippen LogP contribution in [0.2, 0.25) is 0 Å². The van der Waals surface area contributed by atoms with Crippen molar-refractivity contribution in [1.29, 1.82) is 0 Å². The van der Waals surface area contributed by atoms with Crippen LogP contribution in [0.5, 0.6) is 0 Å². The van der Waals surface area contributed by atoms with Gasteiger partial charge in [0.15, 0.2) is 5.69 Å². The standard InChI is InChI=1S/C13H14N2O4/c1-2-19-12(16)10-6-15-5-9(3-4-11(15)14-10)13(17)7-18-8-13/h3-6,17H,2,7-8H2,1H3. The van der Waals surface area contributed by atoms with Crippen molar-refractivity contribution in [3.8, 4) is 0 Å². The number of imidazole rings is 1. The van der Waals surface area contributed by atoms with E-state index in [-0.39, 0.29) is 18.9 Å². The molecule has 0 bridgehead atoms. The Morgan fingerprint density at radius 1 is 1.53 bits per heavy atom. The average Bonchev–Trinajstić information content (AvgIpc) is 2.79. The molecule has 0 atom stereocenters. The summed E-state index contributed by atoms with van der Waals surface area (Å²) in [7, 11) is 0. The Kier molecular flexibility index (Phi) is 2.76. The van der Waals surface area contributed by atoms with Crippen LogP contribution in [0.4, 0.5) is 0 Å². The highest BCUT2D eigenvalue weighted by Crippen LogP contribution is 2.29.